The minimum absolute atomic E-state index is 0.729. The van der Waals surface area contributed by atoms with Crippen LogP contribution in [-0.4, -0.2) is 21.0 Å². The smallest absolute Gasteiger partial charge is 0.210 e. The molecule has 128 valence electrons. The zero-order chi connectivity index (χ0) is 17.5. The summed E-state index contributed by atoms with van der Waals surface area (Å²) in [6, 6.07) is 14.0. The van der Waals surface area contributed by atoms with E-state index in [1.807, 2.05) is 30.3 Å². The first-order valence-electron chi connectivity index (χ1n) is 8.51. The number of thiazole rings is 1. The van der Waals surface area contributed by atoms with Gasteiger partial charge in [0.1, 0.15) is 5.76 Å². The molecule has 1 aliphatic rings. The number of furan rings is 1. The van der Waals surface area contributed by atoms with Crippen LogP contribution in [0.1, 0.15) is 22.0 Å². The van der Waals surface area contributed by atoms with Crippen LogP contribution in [0.2, 0.25) is 0 Å². The lowest BCUT2D eigenvalue weighted by atomic mass is 9.98. The normalized spacial score (nSPS) is 13.1. The van der Waals surface area contributed by atoms with Crippen LogP contribution < -0.4 is 0 Å². The molecule has 1 aromatic carbocycles. The molecule has 5 nitrogen and oxygen atoms in total. The Kier molecular flexibility index (Phi) is 3.57. The third-order valence-electron chi connectivity index (χ3n) is 4.51. The molecule has 0 unspecified atom stereocenters. The molecule has 0 fully saturated rings. The van der Waals surface area contributed by atoms with E-state index in [9.17, 15) is 0 Å². The molecule has 3 heterocycles. The van der Waals surface area contributed by atoms with Gasteiger partial charge >= 0.3 is 0 Å². The van der Waals surface area contributed by atoms with E-state index in [4.69, 9.17) is 14.5 Å². The summed E-state index contributed by atoms with van der Waals surface area (Å²) in [5, 5.41) is 5.54. The van der Waals surface area contributed by atoms with Gasteiger partial charge in [0, 0.05) is 10.4 Å². The second-order valence-corrected chi connectivity index (χ2v) is 7.26. The summed E-state index contributed by atoms with van der Waals surface area (Å²) in [6.07, 6.45) is 5.28. The summed E-state index contributed by atoms with van der Waals surface area (Å²) < 4.78 is 7.35. The Balaban J connectivity index is 1.57. The molecule has 0 aliphatic heterocycles. The molecule has 0 bridgehead atoms. The molecule has 0 amide bonds. The maximum Gasteiger partial charge on any atom is 0.210 e. The molecule has 4 aromatic rings. The molecular weight excluding hydrogens is 344 g/mol. The third kappa shape index (κ3) is 2.50. The Morgan fingerprint density at radius 3 is 2.85 bits per heavy atom. The predicted octanol–water partition coefficient (Wildman–Crippen LogP) is 4.75. The number of nitrogens with zero attached hydrogens (tertiary/aromatic N) is 4. The fourth-order valence-corrected chi connectivity index (χ4v) is 4.28. The van der Waals surface area contributed by atoms with Crippen LogP contribution in [0.15, 0.2) is 58.1 Å². The summed E-state index contributed by atoms with van der Waals surface area (Å²) >= 11 is 1.65. The van der Waals surface area contributed by atoms with Crippen LogP contribution >= 0.6 is 11.3 Å². The summed E-state index contributed by atoms with van der Waals surface area (Å²) in [7, 11) is 0. The van der Waals surface area contributed by atoms with Gasteiger partial charge in [-0.15, -0.1) is 0 Å². The number of hydrogen-bond donors (Lipinski definition) is 0. The van der Waals surface area contributed by atoms with E-state index in [1.165, 1.54) is 10.6 Å². The summed E-state index contributed by atoms with van der Waals surface area (Å²) in [5.41, 5.74) is 5.52. The fraction of sp³-hybridized carbons (Fsp3) is 0.150. The third-order valence-corrected chi connectivity index (χ3v) is 5.54. The Hall–Kier alpha value is -2.99. The van der Waals surface area contributed by atoms with Crippen molar-refractivity contribution in [3.63, 3.8) is 0 Å². The van der Waals surface area contributed by atoms with Crippen LogP contribution in [0.4, 0.5) is 5.13 Å². The summed E-state index contributed by atoms with van der Waals surface area (Å²) in [6.45, 7) is 2.05. The molecule has 0 saturated heterocycles. The van der Waals surface area contributed by atoms with Gasteiger partial charge in [0.05, 0.1) is 35.2 Å². The standard InChI is InChI=1S/C20H16N4OS/c1-13-18-16(24(23-13)14-6-3-2-4-7-14)9-10-17-19(18)22-20(26-17)21-12-15-8-5-11-25-15/h2-8,11-12H,9-10H2,1H3/b21-12+. The quantitative estimate of drug-likeness (QED) is 0.496. The molecular formula is C20H16N4OS. The van der Waals surface area contributed by atoms with E-state index in [1.54, 1.807) is 23.8 Å². The highest BCUT2D eigenvalue weighted by Gasteiger charge is 2.27. The van der Waals surface area contributed by atoms with Crippen LogP contribution in [0, 0.1) is 6.92 Å². The maximum absolute atomic E-state index is 5.30. The lowest BCUT2D eigenvalue weighted by Gasteiger charge is -2.13. The Labute approximate surface area is 154 Å². The first kappa shape index (κ1) is 15.3. The topological polar surface area (TPSA) is 56.2 Å². The second kappa shape index (κ2) is 6.07. The van der Waals surface area contributed by atoms with Crippen molar-refractivity contribution in [1.29, 1.82) is 0 Å². The van der Waals surface area contributed by atoms with E-state index >= 15 is 0 Å². The van der Waals surface area contributed by atoms with Crippen LogP contribution in [0.3, 0.4) is 0 Å². The predicted molar refractivity (Wildman–Crippen MR) is 103 cm³/mol. The molecule has 26 heavy (non-hydrogen) atoms. The molecule has 0 radical (unpaired) electrons. The van der Waals surface area contributed by atoms with Gasteiger partial charge in [-0.3, -0.25) is 0 Å². The van der Waals surface area contributed by atoms with Gasteiger partial charge in [-0.1, -0.05) is 29.5 Å². The van der Waals surface area contributed by atoms with Gasteiger partial charge in [0.25, 0.3) is 0 Å². The Morgan fingerprint density at radius 1 is 1.15 bits per heavy atom. The van der Waals surface area contributed by atoms with Crippen molar-refractivity contribution in [2.75, 3.05) is 0 Å². The molecule has 6 heteroatoms. The van der Waals surface area contributed by atoms with E-state index in [0.717, 1.165) is 46.4 Å². The number of aryl methyl sites for hydroxylation is 2. The van der Waals surface area contributed by atoms with E-state index in [-0.39, 0.29) is 0 Å². The highest BCUT2D eigenvalue weighted by molar-refractivity contribution is 7.15. The van der Waals surface area contributed by atoms with Crippen molar-refractivity contribution < 1.29 is 4.42 Å². The van der Waals surface area contributed by atoms with Gasteiger partial charge in [-0.05, 0) is 44.0 Å². The minimum atomic E-state index is 0.729. The van der Waals surface area contributed by atoms with Crippen molar-refractivity contribution in [3.8, 4) is 16.9 Å². The highest BCUT2D eigenvalue weighted by Crippen LogP contribution is 2.41. The number of benzene rings is 1. The average Bonchev–Trinajstić information content (AvgIpc) is 3.39. The van der Waals surface area contributed by atoms with Gasteiger partial charge in [-0.2, -0.15) is 5.10 Å². The van der Waals surface area contributed by atoms with Crippen molar-refractivity contribution in [3.05, 3.63) is 70.8 Å². The Bertz CT molecular complexity index is 1090. The second-order valence-electron chi connectivity index (χ2n) is 6.20. The lowest BCUT2D eigenvalue weighted by molar-refractivity contribution is 0.560. The van der Waals surface area contributed by atoms with Gasteiger partial charge in [0.15, 0.2) is 0 Å². The number of aliphatic imine (C=N–C) groups is 1. The number of hydrogen-bond acceptors (Lipinski definition) is 5. The van der Waals surface area contributed by atoms with E-state index < -0.39 is 0 Å². The highest BCUT2D eigenvalue weighted by atomic mass is 32.1. The largest absolute Gasteiger partial charge is 0.463 e. The molecule has 0 atom stereocenters. The summed E-state index contributed by atoms with van der Waals surface area (Å²) in [5.74, 6) is 0.729. The van der Waals surface area contributed by atoms with Gasteiger partial charge in [0.2, 0.25) is 5.13 Å². The van der Waals surface area contributed by atoms with Gasteiger partial charge in [-0.25, -0.2) is 14.7 Å². The molecule has 1 aliphatic carbocycles. The van der Waals surface area contributed by atoms with Crippen LogP contribution in [0.5, 0.6) is 0 Å². The molecule has 0 saturated carbocycles. The monoisotopic (exact) mass is 360 g/mol. The van der Waals surface area contributed by atoms with Crippen molar-refractivity contribution in [2.24, 2.45) is 4.99 Å². The number of para-hydroxylation sites is 1. The van der Waals surface area contributed by atoms with Crippen molar-refractivity contribution >= 4 is 22.7 Å². The van der Waals surface area contributed by atoms with Crippen molar-refractivity contribution in [2.45, 2.75) is 19.8 Å². The van der Waals surface area contributed by atoms with E-state index in [0.29, 0.717) is 0 Å². The zero-order valence-electron chi connectivity index (χ0n) is 14.2. The first-order chi connectivity index (χ1) is 12.8. The van der Waals surface area contributed by atoms with Crippen molar-refractivity contribution in [1.82, 2.24) is 14.8 Å². The average molecular weight is 360 g/mol. The first-order valence-corrected chi connectivity index (χ1v) is 9.33. The lowest BCUT2D eigenvalue weighted by Crippen LogP contribution is -2.07. The molecule has 3 aromatic heterocycles. The summed E-state index contributed by atoms with van der Waals surface area (Å²) in [4.78, 5) is 10.5. The maximum atomic E-state index is 5.30. The van der Waals surface area contributed by atoms with Crippen LogP contribution in [-0.2, 0) is 12.8 Å². The zero-order valence-corrected chi connectivity index (χ0v) is 15.0. The minimum Gasteiger partial charge on any atom is -0.463 e. The number of rotatable bonds is 3. The fourth-order valence-electron chi connectivity index (χ4n) is 3.37. The van der Waals surface area contributed by atoms with Crippen LogP contribution in [0.25, 0.3) is 16.9 Å². The number of fused-ring (bicyclic) bond motifs is 3. The molecule has 5 rings (SSSR count). The van der Waals surface area contributed by atoms with E-state index in [2.05, 4.69) is 28.7 Å². The Morgan fingerprint density at radius 2 is 2.04 bits per heavy atom. The number of aromatic nitrogens is 3. The SMILES string of the molecule is Cc1nn(-c2ccccc2)c2c1-c1nc(/N=C/c3ccco3)sc1CC2. The molecule has 0 spiro atoms. The van der Waals surface area contributed by atoms with Gasteiger partial charge < -0.3 is 4.42 Å². The molecule has 0 N–H and O–H groups in total.